The maximum absolute atomic E-state index is 12.5. The predicted octanol–water partition coefficient (Wildman–Crippen LogP) is 2.06. The molecule has 2 atom stereocenters. The molecular weight excluding hydrogens is 266 g/mol. The van der Waals surface area contributed by atoms with Crippen molar-refractivity contribution in [3.8, 4) is 0 Å². The molecule has 0 aromatic carbocycles. The maximum atomic E-state index is 12.5. The largest absolute Gasteiger partial charge is 0.378 e. The van der Waals surface area contributed by atoms with E-state index in [1.165, 1.54) is 5.69 Å². The summed E-state index contributed by atoms with van der Waals surface area (Å²) in [6.07, 6.45) is 4.99. The van der Waals surface area contributed by atoms with Crippen LogP contribution in [0.25, 0.3) is 0 Å². The van der Waals surface area contributed by atoms with Crippen molar-refractivity contribution in [3.63, 3.8) is 0 Å². The molecule has 1 amide bonds. The van der Waals surface area contributed by atoms with E-state index < -0.39 is 0 Å². The van der Waals surface area contributed by atoms with Gasteiger partial charge in [0.05, 0.1) is 30.8 Å². The molecular formula is C16H25N3O2. The summed E-state index contributed by atoms with van der Waals surface area (Å²) in [4.78, 5) is 14.6. The summed E-state index contributed by atoms with van der Waals surface area (Å²) < 4.78 is 7.63. The van der Waals surface area contributed by atoms with Gasteiger partial charge in [0.15, 0.2) is 0 Å². The molecule has 5 heteroatoms. The molecule has 0 N–H and O–H groups in total. The molecule has 1 aromatic heterocycles. The average molecular weight is 291 g/mol. The van der Waals surface area contributed by atoms with Gasteiger partial charge in [-0.25, -0.2) is 0 Å². The van der Waals surface area contributed by atoms with Gasteiger partial charge >= 0.3 is 0 Å². The van der Waals surface area contributed by atoms with Crippen LogP contribution in [0.15, 0.2) is 6.07 Å². The lowest BCUT2D eigenvalue weighted by molar-refractivity contribution is -0.134. The molecule has 2 aliphatic rings. The van der Waals surface area contributed by atoms with Crippen LogP contribution in [0.4, 0.5) is 0 Å². The van der Waals surface area contributed by atoms with Crippen molar-refractivity contribution in [1.82, 2.24) is 14.7 Å². The molecule has 2 aliphatic heterocycles. The van der Waals surface area contributed by atoms with Gasteiger partial charge in [-0.1, -0.05) is 0 Å². The summed E-state index contributed by atoms with van der Waals surface area (Å²) in [5.74, 6) is 0.255. The van der Waals surface area contributed by atoms with Crippen LogP contribution in [0.2, 0.25) is 0 Å². The quantitative estimate of drug-likeness (QED) is 0.853. The van der Waals surface area contributed by atoms with Crippen LogP contribution in [-0.4, -0.2) is 45.9 Å². The fourth-order valence-corrected chi connectivity index (χ4v) is 3.53. The second-order valence-electron chi connectivity index (χ2n) is 6.33. The van der Waals surface area contributed by atoms with E-state index in [0.29, 0.717) is 6.42 Å². The molecule has 116 valence electrons. The first-order valence-electron chi connectivity index (χ1n) is 8.05. The summed E-state index contributed by atoms with van der Waals surface area (Å²) in [6, 6.07) is 2.38. The summed E-state index contributed by atoms with van der Waals surface area (Å²) in [6.45, 7) is 6.60. The Kier molecular flexibility index (Phi) is 4.29. The Morgan fingerprint density at radius 2 is 2.24 bits per heavy atom. The lowest BCUT2D eigenvalue weighted by atomic mass is 10.1. The topological polar surface area (TPSA) is 47.4 Å². The number of carbonyl (C=O) groups excluding carboxylic acids is 1. The van der Waals surface area contributed by atoms with Crippen molar-refractivity contribution in [2.24, 2.45) is 0 Å². The van der Waals surface area contributed by atoms with E-state index in [9.17, 15) is 4.79 Å². The number of amides is 1. The molecule has 0 aliphatic carbocycles. The first-order valence-corrected chi connectivity index (χ1v) is 8.05. The number of rotatable bonds is 4. The number of nitrogens with zero attached hydrogens (tertiary/aromatic N) is 3. The highest BCUT2D eigenvalue weighted by Gasteiger charge is 2.31. The number of ether oxygens (including phenoxy) is 1. The molecule has 5 nitrogen and oxygen atoms in total. The molecule has 0 spiro atoms. The summed E-state index contributed by atoms with van der Waals surface area (Å²) in [5, 5.41) is 4.52. The minimum atomic E-state index is 0.146. The predicted molar refractivity (Wildman–Crippen MR) is 80.0 cm³/mol. The van der Waals surface area contributed by atoms with E-state index >= 15 is 0 Å². The average Bonchev–Trinajstić information content (AvgIpc) is 3.13. The van der Waals surface area contributed by atoms with Crippen molar-refractivity contribution >= 4 is 5.91 Å². The maximum Gasteiger partial charge on any atom is 0.225 e. The zero-order chi connectivity index (χ0) is 14.8. The van der Waals surface area contributed by atoms with Gasteiger partial charge in [-0.05, 0) is 45.6 Å². The van der Waals surface area contributed by atoms with Crippen LogP contribution >= 0.6 is 0 Å². The van der Waals surface area contributed by atoms with Crippen LogP contribution in [-0.2, 0) is 16.1 Å². The normalized spacial score (nSPS) is 25.7. The lowest BCUT2D eigenvalue weighted by Crippen LogP contribution is -2.39. The third kappa shape index (κ3) is 3.28. The molecule has 2 fully saturated rings. The molecule has 0 radical (unpaired) electrons. The highest BCUT2D eigenvalue weighted by molar-refractivity contribution is 5.77. The van der Waals surface area contributed by atoms with Gasteiger partial charge in [-0.15, -0.1) is 0 Å². The molecule has 1 aromatic rings. The van der Waals surface area contributed by atoms with E-state index in [1.54, 1.807) is 0 Å². The van der Waals surface area contributed by atoms with E-state index in [2.05, 4.69) is 23.0 Å². The fraction of sp³-hybridized carbons (Fsp3) is 0.750. The number of aromatic nitrogens is 2. The second kappa shape index (κ2) is 6.18. The zero-order valence-corrected chi connectivity index (χ0v) is 13.0. The van der Waals surface area contributed by atoms with Crippen LogP contribution in [0, 0.1) is 13.8 Å². The minimum Gasteiger partial charge on any atom is -0.378 e. The highest BCUT2D eigenvalue weighted by Crippen LogP contribution is 2.23. The van der Waals surface area contributed by atoms with Crippen LogP contribution in [0.5, 0.6) is 0 Å². The Labute approximate surface area is 126 Å². The number of carbonyl (C=O) groups is 1. The third-order valence-electron chi connectivity index (χ3n) is 4.61. The Hall–Kier alpha value is -1.36. The van der Waals surface area contributed by atoms with Gasteiger partial charge in [0.2, 0.25) is 5.91 Å². The Balaban J connectivity index is 1.61. The van der Waals surface area contributed by atoms with Gasteiger partial charge < -0.3 is 9.64 Å². The second-order valence-corrected chi connectivity index (χ2v) is 6.33. The van der Waals surface area contributed by atoms with Crippen LogP contribution in [0.1, 0.15) is 43.5 Å². The molecule has 3 rings (SSSR count). The monoisotopic (exact) mass is 291 g/mol. The van der Waals surface area contributed by atoms with E-state index in [1.807, 2.05) is 11.6 Å². The van der Waals surface area contributed by atoms with Crippen molar-refractivity contribution in [2.45, 2.75) is 64.6 Å². The Morgan fingerprint density at radius 3 is 2.90 bits per heavy atom. The number of likely N-dealkylation sites (tertiary alicyclic amines) is 1. The number of hydrogen-bond acceptors (Lipinski definition) is 3. The molecule has 2 saturated heterocycles. The standard InChI is InChI=1S/C16H25N3O2/c1-12-9-13(2)19(17-12)11-14-5-3-7-18(14)16(20)10-15-6-4-8-21-15/h9,14-15H,3-8,10-11H2,1-2H3. The van der Waals surface area contributed by atoms with E-state index in [0.717, 1.165) is 51.1 Å². The lowest BCUT2D eigenvalue weighted by Gasteiger charge is -2.26. The van der Waals surface area contributed by atoms with Crippen molar-refractivity contribution < 1.29 is 9.53 Å². The van der Waals surface area contributed by atoms with E-state index in [-0.39, 0.29) is 18.1 Å². The highest BCUT2D eigenvalue weighted by atomic mass is 16.5. The zero-order valence-electron chi connectivity index (χ0n) is 13.0. The SMILES string of the molecule is Cc1cc(C)n(CC2CCCN2C(=O)CC2CCCO2)n1. The van der Waals surface area contributed by atoms with Gasteiger partial charge in [-0.3, -0.25) is 9.48 Å². The van der Waals surface area contributed by atoms with Crippen LogP contribution < -0.4 is 0 Å². The molecule has 2 unspecified atom stereocenters. The van der Waals surface area contributed by atoms with E-state index in [4.69, 9.17) is 4.74 Å². The van der Waals surface area contributed by atoms with Crippen molar-refractivity contribution in [3.05, 3.63) is 17.5 Å². The number of hydrogen-bond donors (Lipinski definition) is 0. The van der Waals surface area contributed by atoms with Gasteiger partial charge in [0.25, 0.3) is 0 Å². The summed E-state index contributed by atoms with van der Waals surface area (Å²) >= 11 is 0. The summed E-state index contributed by atoms with van der Waals surface area (Å²) in [5.41, 5.74) is 2.22. The first-order chi connectivity index (χ1) is 10.1. The van der Waals surface area contributed by atoms with Gasteiger partial charge in [0, 0.05) is 18.8 Å². The van der Waals surface area contributed by atoms with Gasteiger partial charge in [0.1, 0.15) is 0 Å². The molecule has 3 heterocycles. The van der Waals surface area contributed by atoms with Crippen molar-refractivity contribution in [2.75, 3.05) is 13.2 Å². The van der Waals surface area contributed by atoms with Crippen LogP contribution in [0.3, 0.4) is 0 Å². The first kappa shape index (κ1) is 14.6. The minimum absolute atomic E-state index is 0.146. The summed E-state index contributed by atoms with van der Waals surface area (Å²) in [7, 11) is 0. The molecule has 21 heavy (non-hydrogen) atoms. The smallest absolute Gasteiger partial charge is 0.225 e. The molecule has 0 bridgehead atoms. The molecule has 0 saturated carbocycles. The van der Waals surface area contributed by atoms with Gasteiger partial charge in [-0.2, -0.15) is 5.10 Å². The Bertz CT molecular complexity index is 506. The Morgan fingerprint density at radius 1 is 1.38 bits per heavy atom. The van der Waals surface area contributed by atoms with Crippen molar-refractivity contribution in [1.29, 1.82) is 0 Å². The third-order valence-corrected chi connectivity index (χ3v) is 4.61. The number of aryl methyl sites for hydroxylation is 2. The fourth-order valence-electron chi connectivity index (χ4n) is 3.53.